The molecule has 0 aliphatic heterocycles. The Hall–Kier alpha value is -9.32. The van der Waals surface area contributed by atoms with Gasteiger partial charge in [-0.05, 0) is 78.9 Å². The van der Waals surface area contributed by atoms with E-state index in [-0.39, 0.29) is 0 Å². The van der Waals surface area contributed by atoms with Crippen molar-refractivity contribution in [2.24, 2.45) is 0 Å². The molecule has 0 N–H and O–H groups in total. The largest absolute Gasteiger partial charge is 0.456 e. The van der Waals surface area contributed by atoms with Crippen molar-refractivity contribution in [3.05, 3.63) is 206 Å². The van der Waals surface area contributed by atoms with Gasteiger partial charge in [0, 0.05) is 54.5 Å². The first kappa shape index (κ1) is 36.2. The number of furan rings is 1. The van der Waals surface area contributed by atoms with Gasteiger partial charge in [-0.15, -0.1) is 0 Å². The lowest BCUT2D eigenvalue weighted by atomic mass is 10.0. The van der Waals surface area contributed by atoms with E-state index < -0.39 is 0 Å². The predicted octanol–water partition coefficient (Wildman–Crippen LogP) is 14.3. The molecule has 0 unspecified atom stereocenters. The highest BCUT2D eigenvalue weighted by atomic mass is 16.3. The molecule has 0 spiro atoms. The van der Waals surface area contributed by atoms with Crippen LogP contribution in [0.25, 0.3) is 127 Å². The average Bonchev–Trinajstić information content (AvgIpc) is 4.13. The summed E-state index contributed by atoms with van der Waals surface area (Å²) in [5.74, 6) is 1.51. The predicted molar refractivity (Wildman–Crippen MR) is 266 cm³/mol. The van der Waals surface area contributed by atoms with Gasteiger partial charge in [0.05, 0.1) is 49.7 Å². The third-order valence-corrected chi connectivity index (χ3v) is 13.1. The van der Waals surface area contributed by atoms with Crippen LogP contribution in [0.2, 0.25) is 0 Å². The summed E-state index contributed by atoms with van der Waals surface area (Å²) >= 11 is 0. The number of fused-ring (bicyclic) bond motifs is 14. The van der Waals surface area contributed by atoms with Crippen molar-refractivity contribution >= 4 is 87.4 Å². The van der Waals surface area contributed by atoms with Crippen molar-refractivity contribution in [2.45, 2.75) is 0 Å². The molecular weight excluding hydrogens is 811 g/mol. The molecule has 66 heavy (non-hydrogen) atoms. The first-order chi connectivity index (χ1) is 32.7. The lowest BCUT2D eigenvalue weighted by molar-refractivity contribution is 0.669. The van der Waals surface area contributed by atoms with Crippen molar-refractivity contribution in [1.29, 1.82) is 5.26 Å². The van der Waals surface area contributed by atoms with E-state index in [9.17, 15) is 5.26 Å². The minimum Gasteiger partial charge on any atom is -0.456 e. The summed E-state index contributed by atoms with van der Waals surface area (Å²) < 4.78 is 13.4. The summed E-state index contributed by atoms with van der Waals surface area (Å²) in [6.45, 7) is 0. The first-order valence-corrected chi connectivity index (χ1v) is 21.9. The maximum Gasteiger partial charge on any atom is 0.238 e. The molecular formula is C58H33N7O. The molecule has 0 fully saturated rings. The second kappa shape index (κ2) is 13.8. The molecule has 306 valence electrons. The van der Waals surface area contributed by atoms with Crippen LogP contribution in [-0.4, -0.2) is 28.7 Å². The zero-order valence-corrected chi connectivity index (χ0v) is 35.1. The van der Waals surface area contributed by atoms with Gasteiger partial charge in [0.15, 0.2) is 11.6 Å². The van der Waals surface area contributed by atoms with E-state index in [1.54, 1.807) is 0 Å². The van der Waals surface area contributed by atoms with Crippen LogP contribution in [0.3, 0.4) is 0 Å². The van der Waals surface area contributed by atoms with Crippen LogP contribution in [0.5, 0.6) is 0 Å². The Kier molecular flexibility index (Phi) is 7.59. The zero-order chi connectivity index (χ0) is 43.5. The molecule has 5 heterocycles. The van der Waals surface area contributed by atoms with Crippen LogP contribution in [0.15, 0.2) is 205 Å². The Bertz CT molecular complexity index is 4310. The SMILES string of the molecule is N#Cc1cc(-c2nc(-c3ccccc3)nc(-n3c4ccccc4c4ccccc43)n2)ccc1-n1c2ccccc2c2c3c(ccc21)oc1ccc2c4ccccc4n(-c4ccccc4)c2c13. The molecule has 0 saturated carbocycles. The van der Waals surface area contributed by atoms with Crippen molar-refractivity contribution in [1.82, 2.24) is 28.7 Å². The van der Waals surface area contributed by atoms with Crippen LogP contribution in [-0.2, 0) is 0 Å². The normalized spacial score (nSPS) is 11.9. The third-order valence-electron chi connectivity index (χ3n) is 13.1. The van der Waals surface area contributed by atoms with Crippen LogP contribution in [0, 0.1) is 11.3 Å². The summed E-state index contributed by atoms with van der Waals surface area (Å²) in [6.07, 6.45) is 0. The summed E-state index contributed by atoms with van der Waals surface area (Å²) in [5, 5.41) is 19.8. The number of nitrogens with zero attached hydrogens (tertiary/aromatic N) is 7. The molecule has 0 aliphatic rings. The molecule has 8 heteroatoms. The third kappa shape index (κ3) is 5.11. The second-order valence-corrected chi connectivity index (χ2v) is 16.7. The Labute approximate surface area is 376 Å². The van der Waals surface area contributed by atoms with E-state index >= 15 is 0 Å². The van der Waals surface area contributed by atoms with Crippen LogP contribution in [0.4, 0.5) is 0 Å². The molecule has 0 aliphatic carbocycles. The van der Waals surface area contributed by atoms with Gasteiger partial charge >= 0.3 is 0 Å². The molecule has 0 radical (unpaired) electrons. The monoisotopic (exact) mass is 843 g/mol. The summed E-state index contributed by atoms with van der Waals surface area (Å²) in [6, 6.07) is 71.2. The topological polar surface area (TPSA) is 90.4 Å². The highest BCUT2D eigenvalue weighted by molar-refractivity contribution is 6.33. The Morgan fingerprint density at radius 3 is 1.62 bits per heavy atom. The van der Waals surface area contributed by atoms with E-state index in [4.69, 9.17) is 19.4 Å². The zero-order valence-electron chi connectivity index (χ0n) is 35.1. The van der Waals surface area contributed by atoms with Gasteiger partial charge in [0.1, 0.15) is 17.2 Å². The smallest absolute Gasteiger partial charge is 0.238 e. The van der Waals surface area contributed by atoms with Crippen molar-refractivity contribution < 1.29 is 4.42 Å². The minimum absolute atomic E-state index is 0.468. The van der Waals surface area contributed by atoms with Gasteiger partial charge in [-0.25, -0.2) is 4.98 Å². The van der Waals surface area contributed by atoms with E-state index in [0.717, 1.165) is 98.9 Å². The van der Waals surface area contributed by atoms with Gasteiger partial charge in [-0.2, -0.15) is 15.2 Å². The molecule has 9 aromatic carbocycles. The highest BCUT2D eigenvalue weighted by Gasteiger charge is 2.25. The van der Waals surface area contributed by atoms with E-state index in [1.807, 2.05) is 60.7 Å². The van der Waals surface area contributed by atoms with E-state index in [2.05, 4.69) is 159 Å². The molecule has 0 bridgehead atoms. The maximum absolute atomic E-state index is 11.1. The Morgan fingerprint density at radius 1 is 0.394 bits per heavy atom. The fraction of sp³-hybridized carbons (Fsp3) is 0. The molecule has 0 saturated heterocycles. The number of rotatable bonds is 5. The number of benzene rings is 9. The fourth-order valence-corrected chi connectivity index (χ4v) is 10.4. The van der Waals surface area contributed by atoms with Crippen molar-refractivity contribution in [3.63, 3.8) is 0 Å². The standard InChI is InChI=1S/C58H33N7O/c59-34-37-33-36(57-60-56(35-15-3-1-4-16-35)61-58(62-57)65-46-24-12-7-19-39(46)40-20-8-13-25-47(40)65)27-29-44(37)64-48-26-14-10-22-43(48)52-49(64)30-32-50-53(52)54-51(66-50)31-28-42-41-21-9-11-23-45(41)63(55(42)54)38-17-5-2-6-18-38/h1-33H. The molecule has 0 amide bonds. The maximum atomic E-state index is 11.1. The van der Waals surface area contributed by atoms with Crippen LogP contribution in [0.1, 0.15) is 5.56 Å². The van der Waals surface area contributed by atoms with E-state index in [0.29, 0.717) is 28.7 Å². The lowest BCUT2D eigenvalue weighted by Gasteiger charge is -2.13. The lowest BCUT2D eigenvalue weighted by Crippen LogP contribution is -2.06. The number of nitriles is 1. The fourth-order valence-electron chi connectivity index (χ4n) is 10.4. The highest BCUT2D eigenvalue weighted by Crippen LogP contribution is 2.46. The first-order valence-electron chi connectivity index (χ1n) is 21.9. The number of hydrogen-bond donors (Lipinski definition) is 0. The van der Waals surface area contributed by atoms with Crippen LogP contribution >= 0.6 is 0 Å². The Morgan fingerprint density at radius 2 is 0.939 bits per heavy atom. The number of aromatic nitrogens is 6. The average molecular weight is 844 g/mol. The number of hydrogen-bond acceptors (Lipinski definition) is 5. The molecule has 5 aromatic heterocycles. The van der Waals surface area contributed by atoms with Gasteiger partial charge in [-0.1, -0.05) is 121 Å². The second-order valence-electron chi connectivity index (χ2n) is 16.7. The number of para-hydroxylation sites is 5. The summed E-state index contributed by atoms with van der Waals surface area (Å²) in [7, 11) is 0. The van der Waals surface area contributed by atoms with Gasteiger partial charge in [-0.3, -0.25) is 4.57 Å². The van der Waals surface area contributed by atoms with Crippen molar-refractivity contribution in [3.8, 4) is 46.2 Å². The van der Waals surface area contributed by atoms with Gasteiger partial charge in [0.2, 0.25) is 5.95 Å². The summed E-state index contributed by atoms with van der Waals surface area (Å²) in [4.78, 5) is 15.4. The molecule has 8 nitrogen and oxygen atoms in total. The molecule has 14 rings (SSSR count). The Balaban J connectivity index is 1.01. The van der Waals surface area contributed by atoms with Crippen LogP contribution < -0.4 is 0 Å². The quantitative estimate of drug-likeness (QED) is 0.172. The van der Waals surface area contributed by atoms with E-state index in [1.165, 1.54) is 5.39 Å². The van der Waals surface area contributed by atoms with Gasteiger partial charge in [0.25, 0.3) is 0 Å². The molecule has 14 aromatic rings. The minimum atomic E-state index is 0.468. The van der Waals surface area contributed by atoms with Crippen molar-refractivity contribution in [2.75, 3.05) is 0 Å². The summed E-state index contributed by atoms with van der Waals surface area (Å²) in [5.41, 5.74) is 11.7. The molecule has 0 atom stereocenters. The van der Waals surface area contributed by atoms with Gasteiger partial charge < -0.3 is 13.6 Å².